The fourth-order valence-electron chi connectivity index (χ4n) is 1.30. The van der Waals surface area contributed by atoms with E-state index in [0.717, 1.165) is 0 Å². The van der Waals surface area contributed by atoms with E-state index in [0.29, 0.717) is 0 Å². The standard InChI is InChI=1S/C6H11FNO5P/c7-5(1-2-14(11,12)13)3-6(5,8)4(9)10/h1-3,8H2,(H,9,10)(H2,11,12,13)/t5-,6+/m0/s1. The van der Waals surface area contributed by atoms with Crippen molar-refractivity contribution in [1.29, 1.82) is 0 Å². The molecule has 0 saturated heterocycles. The summed E-state index contributed by atoms with van der Waals surface area (Å²) in [6.07, 6.45) is -1.61. The molecular formula is C6H11FNO5P. The molecule has 8 heteroatoms. The first-order valence-electron chi connectivity index (χ1n) is 3.86. The summed E-state index contributed by atoms with van der Waals surface area (Å²) in [6.45, 7) is 0. The number of alkyl halides is 1. The molecule has 0 aromatic heterocycles. The third-order valence-corrected chi connectivity index (χ3v) is 3.22. The maximum absolute atomic E-state index is 13.5. The van der Waals surface area contributed by atoms with Crippen LogP contribution in [0, 0.1) is 0 Å². The molecule has 1 aliphatic carbocycles. The fourth-order valence-corrected chi connectivity index (χ4v) is 1.95. The molecule has 0 unspecified atom stereocenters. The molecule has 2 atom stereocenters. The zero-order valence-electron chi connectivity index (χ0n) is 7.18. The van der Waals surface area contributed by atoms with Crippen LogP contribution in [-0.4, -0.2) is 38.2 Å². The van der Waals surface area contributed by atoms with Crippen molar-refractivity contribution in [2.75, 3.05) is 6.16 Å². The van der Waals surface area contributed by atoms with E-state index in [-0.39, 0.29) is 0 Å². The Kier molecular flexibility index (Phi) is 2.48. The van der Waals surface area contributed by atoms with Crippen LogP contribution in [0.15, 0.2) is 0 Å². The van der Waals surface area contributed by atoms with Crippen molar-refractivity contribution < 1.29 is 28.6 Å². The van der Waals surface area contributed by atoms with Gasteiger partial charge in [-0.3, -0.25) is 9.36 Å². The molecule has 0 aromatic rings. The predicted molar refractivity (Wildman–Crippen MR) is 44.5 cm³/mol. The average molecular weight is 227 g/mol. The summed E-state index contributed by atoms with van der Waals surface area (Å²) in [6, 6.07) is 0. The van der Waals surface area contributed by atoms with Crippen molar-refractivity contribution in [3.63, 3.8) is 0 Å². The lowest BCUT2D eigenvalue weighted by atomic mass is 10.1. The van der Waals surface area contributed by atoms with Gasteiger partial charge in [0.05, 0.1) is 6.16 Å². The van der Waals surface area contributed by atoms with Crippen molar-refractivity contribution in [2.45, 2.75) is 24.0 Å². The van der Waals surface area contributed by atoms with Crippen LogP contribution in [0.5, 0.6) is 0 Å². The summed E-state index contributed by atoms with van der Waals surface area (Å²) < 4.78 is 23.9. The molecule has 6 nitrogen and oxygen atoms in total. The summed E-state index contributed by atoms with van der Waals surface area (Å²) in [5.74, 6) is -1.48. The number of carboxylic acid groups (broad SMARTS) is 1. The lowest BCUT2D eigenvalue weighted by Gasteiger charge is -2.11. The molecule has 1 saturated carbocycles. The number of halogens is 1. The van der Waals surface area contributed by atoms with E-state index < -0.39 is 43.8 Å². The highest BCUT2D eigenvalue weighted by Gasteiger charge is 2.72. The second-order valence-corrected chi connectivity index (χ2v) is 5.33. The van der Waals surface area contributed by atoms with Gasteiger partial charge in [0.15, 0.2) is 5.54 Å². The van der Waals surface area contributed by atoms with Gasteiger partial charge in [0.1, 0.15) is 5.67 Å². The molecule has 1 aliphatic rings. The second-order valence-electron chi connectivity index (χ2n) is 3.56. The highest BCUT2D eigenvalue weighted by atomic mass is 31.2. The first-order valence-corrected chi connectivity index (χ1v) is 5.66. The molecule has 0 aromatic carbocycles. The molecule has 0 spiro atoms. The molecule has 0 aliphatic heterocycles. The van der Waals surface area contributed by atoms with Crippen LogP contribution in [-0.2, 0) is 9.36 Å². The number of nitrogens with two attached hydrogens (primary N) is 1. The maximum atomic E-state index is 13.5. The number of hydrogen-bond donors (Lipinski definition) is 4. The first kappa shape index (κ1) is 11.6. The number of carboxylic acids is 1. The molecular weight excluding hydrogens is 216 g/mol. The second kappa shape index (κ2) is 3.00. The van der Waals surface area contributed by atoms with Gasteiger partial charge >= 0.3 is 13.6 Å². The van der Waals surface area contributed by atoms with Gasteiger partial charge in [-0.05, 0) is 6.42 Å². The SMILES string of the molecule is N[C@@]1(C(=O)O)C[C@@]1(F)CCP(=O)(O)O. The Morgan fingerprint density at radius 2 is 2.07 bits per heavy atom. The fraction of sp³-hybridized carbons (Fsp3) is 0.833. The minimum absolute atomic E-state index is 0.394. The summed E-state index contributed by atoms with van der Waals surface area (Å²) >= 11 is 0. The number of carbonyl (C=O) groups is 1. The molecule has 5 N–H and O–H groups in total. The van der Waals surface area contributed by atoms with Crippen LogP contribution < -0.4 is 5.73 Å². The van der Waals surface area contributed by atoms with Gasteiger partial charge in [0.2, 0.25) is 0 Å². The molecule has 0 radical (unpaired) electrons. The molecule has 1 rings (SSSR count). The van der Waals surface area contributed by atoms with Crippen LogP contribution in [0.4, 0.5) is 4.39 Å². The van der Waals surface area contributed by atoms with Gasteiger partial charge < -0.3 is 20.6 Å². The zero-order chi connectivity index (χ0) is 11.2. The zero-order valence-corrected chi connectivity index (χ0v) is 8.08. The monoisotopic (exact) mass is 227 g/mol. The van der Waals surface area contributed by atoms with Crippen LogP contribution in [0.1, 0.15) is 12.8 Å². The predicted octanol–water partition coefficient (Wildman–Crippen LogP) is -0.552. The Morgan fingerprint density at radius 1 is 1.57 bits per heavy atom. The summed E-state index contributed by atoms with van der Waals surface area (Å²) in [5.41, 5.74) is 1.02. The van der Waals surface area contributed by atoms with E-state index in [1.165, 1.54) is 0 Å². The minimum Gasteiger partial charge on any atom is -0.480 e. The van der Waals surface area contributed by atoms with Gasteiger partial charge in [0.25, 0.3) is 0 Å². The minimum atomic E-state index is -4.30. The van der Waals surface area contributed by atoms with Gasteiger partial charge in [-0.15, -0.1) is 0 Å². The molecule has 82 valence electrons. The molecule has 0 bridgehead atoms. The highest BCUT2D eigenvalue weighted by molar-refractivity contribution is 7.51. The van der Waals surface area contributed by atoms with Gasteiger partial charge in [0, 0.05) is 6.42 Å². The van der Waals surface area contributed by atoms with E-state index in [2.05, 4.69) is 0 Å². The Hall–Kier alpha value is -0.490. The van der Waals surface area contributed by atoms with E-state index in [4.69, 9.17) is 20.6 Å². The van der Waals surface area contributed by atoms with Crippen molar-refractivity contribution in [2.24, 2.45) is 5.73 Å². The third-order valence-electron chi connectivity index (χ3n) is 2.41. The largest absolute Gasteiger partial charge is 0.480 e. The van der Waals surface area contributed by atoms with Crippen molar-refractivity contribution in [1.82, 2.24) is 0 Å². The normalized spacial score (nSPS) is 36.9. The lowest BCUT2D eigenvalue weighted by molar-refractivity contribution is -0.140. The van der Waals surface area contributed by atoms with E-state index in [1.807, 2.05) is 0 Å². The first-order chi connectivity index (χ1) is 6.11. The van der Waals surface area contributed by atoms with Gasteiger partial charge in [-0.25, -0.2) is 4.39 Å². The Balaban J connectivity index is 2.57. The number of rotatable bonds is 4. The number of hydrogen-bond acceptors (Lipinski definition) is 3. The highest BCUT2D eigenvalue weighted by Crippen LogP contribution is 2.54. The topological polar surface area (TPSA) is 121 Å². The van der Waals surface area contributed by atoms with Crippen molar-refractivity contribution in [3.8, 4) is 0 Å². The van der Waals surface area contributed by atoms with Crippen LogP contribution >= 0.6 is 7.60 Å². The Labute approximate surface area is 79.1 Å². The van der Waals surface area contributed by atoms with Crippen LogP contribution in [0.3, 0.4) is 0 Å². The molecule has 0 heterocycles. The summed E-state index contributed by atoms with van der Waals surface area (Å²) in [4.78, 5) is 27.4. The molecule has 1 fully saturated rings. The van der Waals surface area contributed by atoms with Crippen LogP contribution in [0.25, 0.3) is 0 Å². The third kappa shape index (κ3) is 1.95. The summed E-state index contributed by atoms with van der Waals surface area (Å²) in [5, 5.41) is 8.52. The summed E-state index contributed by atoms with van der Waals surface area (Å²) in [7, 11) is -4.30. The van der Waals surface area contributed by atoms with E-state index in [9.17, 15) is 13.8 Å². The smallest absolute Gasteiger partial charge is 0.327 e. The van der Waals surface area contributed by atoms with Gasteiger partial charge in [-0.2, -0.15) is 0 Å². The van der Waals surface area contributed by atoms with E-state index >= 15 is 0 Å². The quantitative estimate of drug-likeness (QED) is 0.478. The van der Waals surface area contributed by atoms with E-state index in [1.54, 1.807) is 0 Å². The number of aliphatic carboxylic acids is 1. The Bertz CT molecular complexity index is 317. The van der Waals surface area contributed by atoms with Crippen LogP contribution in [0.2, 0.25) is 0 Å². The van der Waals surface area contributed by atoms with Crippen molar-refractivity contribution >= 4 is 13.6 Å². The Morgan fingerprint density at radius 3 is 2.36 bits per heavy atom. The molecule has 0 amide bonds. The lowest BCUT2D eigenvalue weighted by Crippen LogP contribution is -2.40. The maximum Gasteiger partial charge on any atom is 0.327 e. The van der Waals surface area contributed by atoms with Crippen molar-refractivity contribution in [3.05, 3.63) is 0 Å². The molecule has 14 heavy (non-hydrogen) atoms. The average Bonchev–Trinajstić information content (AvgIpc) is 2.53. The van der Waals surface area contributed by atoms with Gasteiger partial charge in [-0.1, -0.05) is 0 Å².